The number of rotatable bonds is 7. The molecule has 0 heterocycles. The number of carbonyl (C=O) groups is 4. The summed E-state index contributed by atoms with van der Waals surface area (Å²) in [7, 11) is 0. The molecule has 5 rings (SSSR count). The minimum atomic E-state index is -1.49. The molecule has 2 atom stereocenters. The maximum atomic E-state index is 15.1. The van der Waals surface area contributed by atoms with Gasteiger partial charge < -0.3 is 16.0 Å². The molecule has 2 fully saturated rings. The second-order valence-corrected chi connectivity index (χ2v) is 13.0. The Kier molecular flexibility index (Phi) is 8.88. The fourth-order valence-electron chi connectivity index (χ4n) is 4.67. The normalized spacial score (nSPS) is 18.9. The van der Waals surface area contributed by atoms with E-state index in [2.05, 4.69) is 16.0 Å². The van der Waals surface area contributed by atoms with E-state index in [1.165, 1.54) is 30.3 Å². The van der Waals surface area contributed by atoms with Crippen molar-refractivity contribution in [3.8, 4) is 0 Å². The highest BCUT2D eigenvalue weighted by molar-refractivity contribution is 6.54. The second kappa shape index (κ2) is 12.0. The highest BCUT2D eigenvalue weighted by atomic mass is 35.5. The van der Waals surface area contributed by atoms with E-state index in [9.17, 15) is 23.6 Å². The number of halogens is 8. The summed E-state index contributed by atoms with van der Waals surface area (Å²) >= 11 is 37.3. The maximum absolute atomic E-state index is 15.1. The van der Waals surface area contributed by atoms with Crippen LogP contribution in [0.25, 0.3) is 0 Å². The highest BCUT2D eigenvalue weighted by Gasteiger charge is 2.67. The Labute approximate surface area is 273 Å². The Hall–Kier alpha value is -2.66. The number of Topliss-reactive ketones (excluding diaryl/α,β-unsaturated/α-hetero) is 1. The smallest absolute Gasteiger partial charge is 0.257 e. The predicted molar refractivity (Wildman–Crippen MR) is 163 cm³/mol. The molecule has 2 saturated carbocycles. The average molecular weight is 710 g/mol. The minimum absolute atomic E-state index is 0.0150. The van der Waals surface area contributed by atoms with Crippen LogP contribution in [0.5, 0.6) is 0 Å². The summed E-state index contributed by atoms with van der Waals surface area (Å²) in [6.07, 6.45) is -0.0300. The highest BCUT2D eigenvalue weighted by Crippen LogP contribution is 2.65. The van der Waals surface area contributed by atoms with Crippen LogP contribution < -0.4 is 16.0 Å². The molecule has 224 valence electrons. The van der Waals surface area contributed by atoms with Crippen LogP contribution in [0, 0.1) is 23.5 Å². The van der Waals surface area contributed by atoms with Crippen LogP contribution in [-0.4, -0.2) is 27.8 Å². The van der Waals surface area contributed by atoms with Gasteiger partial charge in [-0.1, -0.05) is 46.4 Å². The fraction of sp³-hybridized carbons (Fsp3) is 0.214. The van der Waals surface area contributed by atoms with Crippen molar-refractivity contribution in [1.29, 1.82) is 0 Å². The van der Waals surface area contributed by atoms with E-state index >= 15 is 4.39 Å². The molecule has 15 heteroatoms. The van der Waals surface area contributed by atoms with Crippen LogP contribution in [0.3, 0.4) is 0 Å². The first kappa shape index (κ1) is 31.8. The molecule has 0 radical (unpaired) electrons. The van der Waals surface area contributed by atoms with E-state index in [1.54, 1.807) is 0 Å². The summed E-state index contributed by atoms with van der Waals surface area (Å²) in [4.78, 5) is 49.6. The van der Waals surface area contributed by atoms with Crippen LogP contribution in [0.1, 0.15) is 34.7 Å². The topological polar surface area (TPSA) is 104 Å². The van der Waals surface area contributed by atoms with Gasteiger partial charge in [0.25, 0.3) is 5.91 Å². The molecule has 0 spiro atoms. The number of ketones is 1. The monoisotopic (exact) mass is 707 g/mol. The van der Waals surface area contributed by atoms with E-state index in [0.717, 1.165) is 12.1 Å². The molecular weight excluding hydrogens is 693 g/mol. The number of hydrogen-bond acceptors (Lipinski definition) is 4. The van der Waals surface area contributed by atoms with Gasteiger partial charge in [0.15, 0.2) is 5.82 Å². The van der Waals surface area contributed by atoms with Crippen LogP contribution in [-0.2, 0) is 14.4 Å². The Bertz CT molecular complexity index is 1690. The van der Waals surface area contributed by atoms with Gasteiger partial charge in [0.2, 0.25) is 11.8 Å². The number of hydrogen-bond donors (Lipinski definition) is 3. The first-order valence-corrected chi connectivity index (χ1v) is 14.7. The van der Waals surface area contributed by atoms with E-state index in [-0.39, 0.29) is 50.0 Å². The molecule has 3 aromatic carbocycles. The molecular formula is C28H17Cl6F2N3O4. The Morgan fingerprint density at radius 2 is 1.47 bits per heavy atom. The van der Waals surface area contributed by atoms with Crippen molar-refractivity contribution < 1.29 is 28.0 Å². The number of carbonyl (C=O) groups excluding carboxylic acids is 4. The van der Waals surface area contributed by atoms with Crippen molar-refractivity contribution in [3.05, 3.63) is 85.3 Å². The Morgan fingerprint density at radius 1 is 0.814 bits per heavy atom. The molecule has 2 aliphatic carbocycles. The molecule has 0 saturated heterocycles. The van der Waals surface area contributed by atoms with Gasteiger partial charge in [-0.15, -0.1) is 23.2 Å². The Balaban J connectivity index is 1.31. The van der Waals surface area contributed by atoms with Crippen LogP contribution in [0.2, 0.25) is 20.1 Å². The lowest BCUT2D eigenvalue weighted by Crippen LogP contribution is -2.35. The Morgan fingerprint density at radius 3 is 2.09 bits per heavy atom. The van der Waals surface area contributed by atoms with Crippen LogP contribution in [0.15, 0.2) is 42.5 Å². The zero-order valence-electron chi connectivity index (χ0n) is 21.3. The summed E-state index contributed by atoms with van der Waals surface area (Å²) < 4.78 is 28.0. The maximum Gasteiger partial charge on any atom is 0.257 e. The zero-order chi connectivity index (χ0) is 31.4. The summed E-state index contributed by atoms with van der Waals surface area (Å²) in [6, 6.07) is 8.84. The van der Waals surface area contributed by atoms with E-state index in [4.69, 9.17) is 69.6 Å². The molecule has 0 aliphatic heterocycles. The van der Waals surface area contributed by atoms with Crippen molar-refractivity contribution in [2.45, 2.75) is 23.1 Å². The third-order valence-electron chi connectivity index (χ3n) is 7.09. The number of anilines is 3. The molecule has 3 aromatic rings. The molecule has 0 unspecified atom stereocenters. The molecule has 0 bridgehead atoms. The number of alkyl halides is 2. The lowest BCUT2D eigenvalue weighted by Gasteiger charge is -2.23. The van der Waals surface area contributed by atoms with Gasteiger partial charge in [0.05, 0.1) is 43.2 Å². The summed E-state index contributed by atoms with van der Waals surface area (Å²) in [5, 5.41) is 7.47. The average Bonchev–Trinajstić information content (AvgIpc) is 3.51. The van der Waals surface area contributed by atoms with E-state index in [0.29, 0.717) is 5.56 Å². The zero-order valence-corrected chi connectivity index (χ0v) is 25.9. The van der Waals surface area contributed by atoms with Crippen molar-refractivity contribution in [3.63, 3.8) is 0 Å². The first-order chi connectivity index (χ1) is 20.2. The van der Waals surface area contributed by atoms with Gasteiger partial charge in [-0.3, -0.25) is 19.2 Å². The van der Waals surface area contributed by atoms with Gasteiger partial charge >= 0.3 is 0 Å². The molecule has 43 heavy (non-hydrogen) atoms. The molecule has 0 aromatic heterocycles. The third-order valence-corrected chi connectivity index (χ3v) is 9.55. The SMILES string of the molecule is O=C1CC(C(=O)Nc2c(F)ccc(NC(=O)c3cc(NC(=O)[C@H]4[C@H](c5cc(Cl)c(Cl)c(Cl)c5)C4(Cl)Cl)ccc3Cl)c2F)C1. The van der Waals surface area contributed by atoms with Gasteiger partial charge in [-0.05, 0) is 48.0 Å². The summed E-state index contributed by atoms with van der Waals surface area (Å²) in [5.41, 5.74) is -0.745. The molecule has 7 nitrogen and oxygen atoms in total. The van der Waals surface area contributed by atoms with E-state index < -0.39 is 62.8 Å². The fourth-order valence-corrected chi connectivity index (χ4v) is 6.32. The van der Waals surface area contributed by atoms with Crippen molar-refractivity contribution in [2.75, 3.05) is 16.0 Å². The van der Waals surface area contributed by atoms with Crippen LogP contribution in [0.4, 0.5) is 25.8 Å². The van der Waals surface area contributed by atoms with Gasteiger partial charge in [0.1, 0.15) is 21.6 Å². The standard InChI is InChI=1S/C28H17Cl6F2N3O4/c29-15-2-1-12(37-27(43)21-20(28(21,33)34)10-7-16(30)22(32)17(31)8-10)9-14(15)26(42)38-19-4-3-18(35)24(23(19)36)39-25(41)11-5-13(40)6-11/h1-4,7-9,11,20-21H,5-6H2,(H,37,43)(H,38,42)(H,39,41)/t20-,21+/m0/s1. The van der Waals surface area contributed by atoms with Gasteiger partial charge in [-0.2, -0.15) is 0 Å². The predicted octanol–water partition coefficient (Wildman–Crippen LogP) is 8.27. The summed E-state index contributed by atoms with van der Waals surface area (Å²) in [6.45, 7) is 0. The first-order valence-electron chi connectivity index (χ1n) is 12.4. The van der Waals surface area contributed by atoms with E-state index in [1.807, 2.05) is 0 Å². The van der Waals surface area contributed by atoms with Crippen molar-refractivity contribution >= 4 is 110 Å². The number of amides is 3. The molecule has 2 aliphatic rings. The van der Waals surface area contributed by atoms with Crippen molar-refractivity contribution in [1.82, 2.24) is 0 Å². The lowest BCUT2D eigenvalue weighted by molar-refractivity contribution is -0.135. The largest absolute Gasteiger partial charge is 0.326 e. The number of benzene rings is 3. The van der Waals surface area contributed by atoms with Crippen LogP contribution >= 0.6 is 69.6 Å². The molecule has 3 amide bonds. The van der Waals surface area contributed by atoms with Gasteiger partial charge in [0, 0.05) is 24.4 Å². The lowest BCUT2D eigenvalue weighted by atomic mass is 9.83. The third kappa shape index (κ3) is 6.30. The van der Waals surface area contributed by atoms with Crippen molar-refractivity contribution in [2.24, 2.45) is 11.8 Å². The summed E-state index contributed by atoms with van der Waals surface area (Å²) in [5.74, 6) is -6.91. The molecule has 3 N–H and O–H groups in total. The quantitative estimate of drug-likeness (QED) is 0.170. The minimum Gasteiger partial charge on any atom is -0.326 e. The second-order valence-electron chi connectivity index (χ2n) is 9.98. The number of nitrogens with one attached hydrogen (secondary N) is 3. The van der Waals surface area contributed by atoms with Gasteiger partial charge in [-0.25, -0.2) is 8.78 Å².